The van der Waals surface area contributed by atoms with Gasteiger partial charge in [-0.15, -0.1) is 0 Å². The summed E-state index contributed by atoms with van der Waals surface area (Å²) in [5.74, 6) is 1.90. The van der Waals surface area contributed by atoms with Crippen LogP contribution in [0, 0.1) is 5.92 Å². The number of rotatable bonds is 4. The molecule has 0 saturated carbocycles. The maximum Gasteiger partial charge on any atom is 0.105 e. The van der Waals surface area contributed by atoms with Gasteiger partial charge < -0.3 is 9.72 Å². The van der Waals surface area contributed by atoms with Gasteiger partial charge in [-0.25, -0.2) is 4.98 Å². The molecule has 14 heavy (non-hydrogen) atoms. The number of aryl methyl sites for hydroxylation is 1. The summed E-state index contributed by atoms with van der Waals surface area (Å²) in [4.78, 5) is 7.34. The molecule has 0 aromatic carbocycles. The summed E-state index contributed by atoms with van der Waals surface area (Å²) >= 11 is 0. The zero-order valence-electron chi connectivity index (χ0n) is 8.54. The fourth-order valence-electron chi connectivity index (χ4n) is 2.03. The molecule has 3 nitrogen and oxygen atoms in total. The van der Waals surface area contributed by atoms with E-state index in [1.807, 2.05) is 12.4 Å². The van der Waals surface area contributed by atoms with E-state index in [-0.39, 0.29) is 0 Å². The van der Waals surface area contributed by atoms with Gasteiger partial charge in [0.25, 0.3) is 0 Å². The first-order chi connectivity index (χ1) is 6.95. The van der Waals surface area contributed by atoms with Gasteiger partial charge in [0.1, 0.15) is 5.82 Å². The second-order valence-corrected chi connectivity index (χ2v) is 4.01. The van der Waals surface area contributed by atoms with Gasteiger partial charge in [-0.1, -0.05) is 0 Å². The summed E-state index contributed by atoms with van der Waals surface area (Å²) in [7, 11) is 0. The average Bonchev–Trinajstić information content (AvgIpc) is 2.72. The summed E-state index contributed by atoms with van der Waals surface area (Å²) in [6.45, 7) is 1.94. The number of hydrogen-bond acceptors (Lipinski definition) is 2. The Balaban J connectivity index is 1.62. The lowest BCUT2D eigenvalue weighted by atomic mass is 9.96. The molecule has 78 valence electrons. The van der Waals surface area contributed by atoms with E-state index < -0.39 is 0 Å². The third-order valence-electron chi connectivity index (χ3n) is 2.84. The van der Waals surface area contributed by atoms with Gasteiger partial charge in [-0.3, -0.25) is 0 Å². The van der Waals surface area contributed by atoms with Crippen LogP contribution in [-0.4, -0.2) is 23.2 Å². The van der Waals surface area contributed by atoms with Gasteiger partial charge in [0, 0.05) is 32.0 Å². The van der Waals surface area contributed by atoms with Crippen molar-refractivity contribution in [3.63, 3.8) is 0 Å². The van der Waals surface area contributed by atoms with Gasteiger partial charge in [0.15, 0.2) is 0 Å². The second kappa shape index (κ2) is 5.15. The highest BCUT2D eigenvalue weighted by Crippen LogP contribution is 2.19. The van der Waals surface area contributed by atoms with Crippen molar-refractivity contribution in [2.45, 2.75) is 32.1 Å². The molecule has 2 rings (SSSR count). The Labute approximate surface area is 84.9 Å². The molecule has 0 amide bonds. The van der Waals surface area contributed by atoms with Crippen LogP contribution in [0.1, 0.15) is 31.5 Å². The molecular formula is C11H18N2O. The van der Waals surface area contributed by atoms with Crippen LogP contribution in [0.2, 0.25) is 0 Å². The molecule has 1 aliphatic heterocycles. The number of aromatic amines is 1. The number of nitrogens with zero attached hydrogens (tertiary/aromatic N) is 1. The van der Waals surface area contributed by atoms with Crippen LogP contribution in [0.25, 0.3) is 0 Å². The first-order valence-electron chi connectivity index (χ1n) is 5.51. The van der Waals surface area contributed by atoms with Gasteiger partial charge in [-0.2, -0.15) is 0 Å². The summed E-state index contributed by atoms with van der Waals surface area (Å²) < 4.78 is 5.45. The summed E-state index contributed by atoms with van der Waals surface area (Å²) in [5, 5.41) is 0. The van der Waals surface area contributed by atoms with Gasteiger partial charge in [0.2, 0.25) is 0 Å². The molecular weight excluding hydrogens is 176 g/mol. The molecule has 0 spiro atoms. The minimum absolute atomic E-state index is 0.790. The number of ether oxygens (including phenoxy) is 1. The molecule has 3 heteroatoms. The van der Waals surface area contributed by atoms with Crippen molar-refractivity contribution in [2.24, 2.45) is 5.92 Å². The SMILES string of the molecule is c1c[nH]c(CCCC2CCCOC2)n1. The number of imidazole rings is 1. The standard InChI is InChI=1S/C11H18N2O/c1(5-11-12-6-7-13-11)3-10-4-2-8-14-9-10/h6-7,10H,1-5,8-9H2,(H,12,13). The van der Waals surface area contributed by atoms with E-state index in [0.717, 1.165) is 31.4 Å². The lowest BCUT2D eigenvalue weighted by molar-refractivity contribution is 0.0509. The maximum atomic E-state index is 5.45. The van der Waals surface area contributed by atoms with E-state index in [4.69, 9.17) is 4.74 Å². The van der Waals surface area contributed by atoms with Crippen LogP contribution in [-0.2, 0) is 11.2 Å². The minimum atomic E-state index is 0.790. The van der Waals surface area contributed by atoms with Gasteiger partial charge in [-0.05, 0) is 31.6 Å². The van der Waals surface area contributed by atoms with E-state index in [9.17, 15) is 0 Å². The molecule has 1 unspecified atom stereocenters. The average molecular weight is 194 g/mol. The minimum Gasteiger partial charge on any atom is -0.381 e. The van der Waals surface area contributed by atoms with E-state index in [2.05, 4.69) is 9.97 Å². The Morgan fingerprint density at radius 1 is 1.57 bits per heavy atom. The zero-order chi connectivity index (χ0) is 9.64. The van der Waals surface area contributed by atoms with Crippen molar-refractivity contribution in [1.82, 2.24) is 9.97 Å². The van der Waals surface area contributed by atoms with Crippen molar-refractivity contribution < 1.29 is 4.74 Å². The van der Waals surface area contributed by atoms with Crippen LogP contribution in [0.15, 0.2) is 12.4 Å². The molecule has 1 aromatic rings. The summed E-state index contributed by atoms with van der Waals surface area (Å²) in [6.07, 6.45) is 9.87. The molecule has 0 bridgehead atoms. The first kappa shape index (κ1) is 9.71. The Hall–Kier alpha value is -0.830. The fourth-order valence-corrected chi connectivity index (χ4v) is 2.03. The summed E-state index contributed by atoms with van der Waals surface area (Å²) in [5.41, 5.74) is 0. The van der Waals surface area contributed by atoms with Crippen molar-refractivity contribution >= 4 is 0 Å². The lowest BCUT2D eigenvalue weighted by Gasteiger charge is -2.21. The highest BCUT2D eigenvalue weighted by Gasteiger charge is 2.13. The highest BCUT2D eigenvalue weighted by molar-refractivity contribution is 4.86. The van der Waals surface area contributed by atoms with Crippen LogP contribution in [0.3, 0.4) is 0 Å². The molecule has 2 heterocycles. The van der Waals surface area contributed by atoms with E-state index in [1.165, 1.54) is 25.7 Å². The molecule has 1 atom stereocenters. The summed E-state index contributed by atoms with van der Waals surface area (Å²) in [6, 6.07) is 0. The van der Waals surface area contributed by atoms with Crippen molar-refractivity contribution in [3.8, 4) is 0 Å². The molecule has 1 fully saturated rings. The maximum absolute atomic E-state index is 5.45. The Morgan fingerprint density at radius 2 is 2.57 bits per heavy atom. The monoisotopic (exact) mass is 194 g/mol. The second-order valence-electron chi connectivity index (χ2n) is 4.01. The Morgan fingerprint density at radius 3 is 3.29 bits per heavy atom. The molecule has 1 saturated heterocycles. The van der Waals surface area contributed by atoms with Crippen LogP contribution < -0.4 is 0 Å². The number of H-pyrrole nitrogens is 1. The predicted molar refractivity (Wildman–Crippen MR) is 55.1 cm³/mol. The quantitative estimate of drug-likeness (QED) is 0.797. The third-order valence-corrected chi connectivity index (χ3v) is 2.84. The third kappa shape index (κ3) is 2.84. The highest BCUT2D eigenvalue weighted by atomic mass is 16.5. The molecule has 1 N–H and O–H groups in total. The van der Waals surface area contributed by atoms with Crippen molar-refractivity contribution in [2.75, 3.05) is 13.2 Å². The molecule has 0 aliphatic carbocycles. The topological polar surface area (TPSA) is 37.9 Å². The van der Waals surface area contributed by atoms with Crippen LogP contribution >= 0.6 is 0 Å². The Bertz CT molecular complexity index is 240. The van der Waals surface area contributed by atoms with Crippen LogP contribution in [0.5, 0.6) is 0 Å². The molecule has 1 aliphatic rings. The Kier molecular flexibility index (Phi) is 3.57. The van der Waals surface area contributed by atoms with Gasteiger partial charge in [0.05, 0.1) is 0 Å². The number of hydrogen-bond donors (Lipinski definition) is 1. The fraction of sp³-hybridized carbons (Fsp3) is 0.727. The first-order valence-corrected chi connectivity index (χ1v) is 5.51. The van der Waals surface area contributed by atoms with E-state index in [0.29, 0.717) is 0 Å². The number of nitrogens with one attached hydrogen (secondary N) is 1. The zero-order valence-corrected chi connectivity index (χ0v) is 8.54. The smallest absolute Gasteiger partial charge is 0.105 e. The van der Waals surface area contributed by atoms with Crippen LogP contribution in [0.4, 0.5) is 0 Å². The van der Waals surface area contributed by atoms with E-state index >= 15 is 0 Å². The van der Waals surface area contributed by atoms with E-state index in [1.54, 1.807) is 0 Å². The molecule has 0 radical (unpaired) electrons. The number of aromatic nitrogens is 2. The largest absolute Gasteiger partial charge is 0.381 e. The lowest BCUT2D eigenvalue weighted by Crippen LogP contribution is -2.17. The van der Waals surface area contributed by atoms with Crippen molar-refractivity contribution in [3.05, 3.63) is 18.2 Å². The predicted octanol–water partition coefficient (Wildman–Crippen LogP) is 2.16. The molecule has 1 aromatic heterocycles. The van der Waals surface area contributed by atoms with Gasteiger partial charge >= 0.3 is 0 Å². The normalized spacial score (nSPS) is 22.4. The van der Waals surface area contributed by atoms with Crippen molar-refractivity contribution in [1.29, 1.82) is 0 Å².